The molecule has 0 saturated heterocycles. The number of carbonyl (C=O) groups is 1. The van der Waals surface area contributed by atoms with Crippen molar-refractivity contribution in [2.24, 2.45) is 0 Å². The van der Waals surface area contributed by atoms with E-state index in [2.05, 4.69) is 0 Å². The van der Waals surface area contributed by atoms with Gasteiger partial charge in [-0.3, -0.25) is 4.79 Å². The number of alkyl halides is 1. The monoisotopic (exact) mass is 272 g/mol. The maximum Gasteiger partial charge on any atom is 0.170 e. The normalized spacial score (nSPS) is 14.0. The van der Waals surface area contributed by atoms with Crippen LogP contribution in [0.15, 0.2) is 18.2 Å². The molecule has 0 fully saturated rings. The highest BCUT2D eigenvalue weighted by molar-refractivity contribution is 6.32. The standard InChI is InChI=1S/C12H10Cl2O3/c13-7-9(15)2-1-8-5-11-12(6-10(8)14)17-4-3-16-11/h1-2,5-6H,3-4,7H2. The van der Waals surface area contributed by atoms with Crippen LogP contribution >= 0.6 is 23.2 Å². The van der Waals surface area contributed by atoms with Gasteiger partial charge in [-0.15, -0.1) is 11.6 Å². The topological polar surface area (TPSA) is 35.5 Å². The SMILES string of the molecule is O=C(C=Cc1cc2c(cc1Cl)OCCO2)CCl. The Labute approximate surface area is 109 Å². The van der Waals surface area contributed by atoms with Crippen molar-refractivity contribution in [2.45, 2.75) is 0 Å². The van der Waals surface area contributed by atoms with Crippen molar-refractivity contribution in [1.29, 1.82) is 0 Å². The molecule has 0 radical (unpaired) electrons. The van der Waals surface area contributed by atoms with Crippen molar-refractivity contribution in [3.05, 3.63) is 28.8 Å². The van der Waals surface area contributed by atoms with Crippen LogP contribution in [0, 0.1) is 0 Å². The average Bonchev–Trinajstić information content (AvgIpc) is 2.35. The van der Waals surface area contributed by atoms with Crippen molar-refractivity contribution >= 4 is 35.1 Å². The van der Waals surface area contributed by atoms with Gasteiger partial charge in [0.25, 0.3) is 0 Å². The van der Waals surface area contributed by atoms with E-state index in [0.717, 1.165) is 0 Å². The molecule has 3 nitrogen and oxygen atoms in total. The second-order valence-corrected chi connectivity index (χ2v) is 4.13. The van der Waals surface area contributed by atoms with Gasteiger partial charge in [0, 0.05) is 6.07 Å². The van der Waals surface area contributed by atoms with Crippen LogP contribution in [0.3, 0.4) is 0 Å². The highest BCUT2D eigenvalue weighted by Crippen LogP contribution is 2.35. The highest BCUT2D eigenvalue weighted by atomic mass is 35.5. The van der Waals surface area contributed by atoms with Gasteiger partial charge in [0.15, 0.2) is 17.3 Å². The third-order valence-corrected chi connectivity index (χ3v) is 2.83. The Bertz CT molecular complexity index is 469. The number of benzene rings is 1. The van der Waals surface area contributed by atoms with Gasteiger partial charge in [0.05, 0.1) is 10.9 Å². The number of allylic oxidation sites excluding steroid dienone is 1. The molecule has 0 amide bonds. The second-order valence-electron chi connectivity index (χ2n) is 3.45. The molecule has 1 aromatic carbocycles. The van der Waals surface area contributed by atoms with Gasteiger partial charge in [0.1, 0.15) is 13.2 Å². The molecule has 0 atom stereocenters. The molecular formula is C12H10Cl2O3. The summed E-state index contributed by atoms with van der Waals surface area (Å²) in [4.78, 5) is 11.1. The first kappa shape index (κ1) is 12.3. The Morgan fingerprint density at radius 3 is 2.59 bits per heavy atom. The minimum Gasteiger partial charge on any atom is -0.486 e. The summed E-state index contributed by atoms with van der Waals surface area (Å²) in [6.45, 7) is 1.03. The Morgan fingerprint density at radius 2 is 1.94 bits per heavy atom. The van der Waals surface area contributed by atoms with Crippen molar-refractivity contribution in [3.63, 3.8) is 0 Å². The minimum absolute atomic E-state index is 0.0430. The van der Waals surface area contributed by atoms with Crippen LogP contribution in [0.4, 0.5) is 0 Å². The minimum atomic E-state index is -0.169. The summed E-state index contributed by atoms with van der Waals surface area (Å²) >= 11 is 11.5. The second kappa shape index (κ2) is 5.43. The van der Waals surface area contributed by atoms with Crippen LogP contribution in [-0.4, -0.2) is 24.9 Å². The first-order valence-electron chi connectivity index (χ1n) is 5.06. The number of hydrogen-bond acceptors (Lipinski definition) is 3. The third-order valence-electron chi connectivity index (χ3n) is 2.24. The van der Waals surface area contributed by atoms with E-state index < -0.39 is 0 Å². The Hall–Kier alpha value is -1.19. The summed E-state index contributed by atoms with van der Waals surface area (Å²) in [5, 5.41) is 0.507. The van der Waals surface area contributed by atoms with Crippen molar-refractivity contribution in [3.8, 4) is 11.5 Å². The number of rotatable bonds is 3. The van der Waals surface area contributed by atoms with E-state index >= 15 is 0 Å². The van der Waals surface area contributed by atoms with Gasteiger partial charge in [-0.05, 0) is 23.8 Å². The number of ketones is 1. The van der Waals surface area contributed by atoms with Crippen molar-refractivity contribution < 1.29 is 14.3 Å². The first-order valence-corrected chi connectivity index (χ1v) is 5.98. The molecule has 5 heteroatoms. The predicted molar refractivity (Wildman–Crippen MR) is 67.2 cm³/mol. The lowest BCUT2D eigenvalue weighted by molar-refractivity contribution is -0.112. The molecule has 17 heavy (non-hydrogen) atoms. The number of halogens is 2. The van der Waals surface area contributed by atoms with E-state index in [4.69, 9.17) is 32.7 Å². The summed E-state index contributed by atoms with van der Waals surface area (Å²) in [7, 11) is 0. The Kier molecular flexibility index (Phi) is 3.92. The largest absolute Gasteiger partial charge is 0.486 e. The lowest BCUT2D eigenvalue weighted by Crippen LogP contribution is -2.15. The van der Waals surface area contributed by atoms with Gasteiger partial charge in [0.2, 0.25) is 0 Å². The van der Waals surface area contributed by atoms with Gasteiger partial charge < -0.3 is 9.47 Å². The zero-order chi connectivity index (χ0) is 12.3. The molecule has 0 bridgehead atoms. The zero-order valence-electron chi connectivity index (χ0n) is 8.91. The number of ether oxygens (including phenoxy) is 2. The van der Waals surface area contributed by atoms with E-state index in [9.17, 15) is 4.79 Å². The molecule has 1 aliphatic heterocycles. The molecule has 0 aromatic heterocycles. The molecule has 0 spiro atoms. The summed E-state index contributed by atoms with van der Waals surface area (Å²) in [5.74, 6) is 1.05. The molecule has 0 saturated carbocycles. The Balaban J connectivity index is 2.28. The average molecular weight is 273 g/mol. The van der Waals surface area contributed by atoms with Crippen LogP contribution in [-0.2, 0) is 4.79 Å². The van der Waals surface area contributed by atoms with Crippen molar-refractivity contribution in [1.82, 2.24) is 0 Å². The molecule has 0 aliphatic carbocycles. The van der Waals surface area contributed by atoms with Crippen molar-refractivity contribution in [2.75, 3.05) is 19.1 Å². The van der Waals surface area contributed by atoms with Crippen LogP contribution in [0.1, 0.15) is 5.56 Å². The number of carbonyl (C=O) groups excluding carboxylic acids is 1. The van der Waals surface area contributed by atoms with Crippen LogP contribution in [0.2, 0.25) is 5.02 Å². The molecule has 1 aliphatic rings. The maximum absolute atomic E-state index is 11.1. The fraction of sp³-hybridized carbons (Fsp3) is 0.250. The van der Waals surface area contributed by atoms with Crippen LogP contribution in [0.25, 0.3) is 6.08 Å². The Morgan fingerprint density at radius 1 is 1.29 bits per heavy atom. The molecule has 1 heterocycles. The number of fused-ring (bicyclic) bond motifs is 1. The molecule has 2 rings (SSSR count). The van der Waals surface area contributed by atoms with E-state index in [-0.39, 0.29) is 11.7 Å². The third kappa shape index (κ3) is 2.93. The summed E-state index contributed by atoms with van der Waals surface area (Å²) in [6.07, 6.45) is 3.01. The summed E-state index contributed by atoms with van der Waals surface area (Å²) in [6, 6.07) is 3.43. The van der Waals surface area contributed by atoms with Gasteiger partial charge in [-0.1, -0.05) is 11.6 Å². The predicted octanol–water partition coefficient (Wildman–Crippen LogP) is 2.93. The zero-order valence-corrected chi connectivity index (χ0v) is 10.4. The number of hydrogen-bond donors (Lipinski definition) is 0. The smallest absolute Gasteiger partial charge is 0.170 e. The molecule has 90 valence electrons. The fourth-order valence-electron chi connectivity index (χ4n) is 1.43. The lowest BCUT2D eigenvalue weighted by Gasteiger charge is -2.19. The maximum atomic E-state index is 11.1. The fourth-order valence-corrected chi connectivity index (χ4v) is 1.74. The summed E-state index contributed by atoms with van der Waals surface area (Å²) < 4.78 is 10.8. The lowest BCUT2D eigenvalue weighted by atomic mass is 10.1. The quantitative estimate of drug-likeness (QED) is 0.627. The van der Waals surface area contributed by atoms with Gasteiger partial charge >= 0.3 is 0 Å². The molecule has 0 unspecified atom stereocenters. The molecule has 1 aromatic rings. The highest BCUT2D eigenvalue weighted by Gasteiger charge is 2.13. The summed E-state index contributed by atoms with van der Waals surface area (Å²) in [5.41, 5.74) is 0.703. The van der Waals surface area contributed by atoms with Crippen LogP contribution < -0.4 is 9.47 Å². The van der Waals surface area contributed by atoms with Crippen LogP contribution in [0.5, 0.6) is 11.5 Å². The molecule has 0 N–H and O–H groups in total. The van der Waals surface area contributed by atoms with Gasteiger partial charge in [-0.2, -0.15) is 0 Å². The molecular weight excluding hydrogens is 263 g/mol. The van der Waals surface area contributed by atoms with E-state index in [1.165, 1.54) is 6.08 Å². The first-order chi connectivity index (χ1) is 8.20. The van der Waals surface area contributed by atoms with E-state index in [0.29, 0.717) is 35.3 Å². The van der Waals surface area contributed by atoms with Gasteiger partial charge in [-0.25, -0.2) is 0 Å². The van der Waals surface area contributed by atoms with E-state index in [1.54, 1.807) is 18.2 Å². The van der Waals surface area contributed by atoms with E-state index in [1.807, 2.05) is 0 Å².